The summed E-state index contributed by atoms with van der Waals surface area (Å²) in [7, 11) is 0.500. The zero-order chi connectivity index (χ0) is 9.73. The molecule has 0 atom stereocenters. The molecule has 1 aromatic rings. The smallest absolute Gasteiger partial charge is 0.0785 e. The van der Waals surface area contributed by atoms with E-state index in [1.165, 1.54) is 18.4 Å². The highest BCUT2D eigenvalue weighted by atomic mass is 19.1. The van der Waals surface area contributed by atoms with E-state index in [-0.39, 0.29) is 0 Å². The molecule has 1 saturated carbocycles. The van der Waals surface area contributed by atoms with Crippen LogP contribution in [0, 0.1) is 0 Å². The minimum atomic E-state index is 0.362. The highest BCUT2D eigenvalue weighted by molar-refractivity contribution is 5.31. The van der Waals surface area contributed by atoms with Crippen molar-refractivity contribution in [3.05, 3.63) is 35.9 Å². The summed E-state index contributed by atoms with van der Waals surface area (Å²) in [6.45, 7) is 0.803. The number of benzene rings is 1. The standard InChI is InChI=1S/C10H13N.CH3F/c11-8-10(6-7-10)9-4-2-1-3-5-9;1-2/h1-5H,6-8,11H2;1H3. The highest BCUT2D eigenvalue weighted by Crippen LogP contribution is 2.46. The SMILES string of the molecule is CF.NCC1(c2ccccc2)CC1. The van der Waals surface area contributed by atoms with E-state index in [4.69, 9.17) is 5.73 Å². The summed E-state index contributed by atoms with van der Waals surface area (Å²) in [5, 5.41) is 0. The molecule has 13 heavy (non-hydrogen) atoms. The number of nitrogens with two attached hydrogens (primary N) is 1. The molecule has 2 rings (SSSR count). The minimum Gasteiger partial charge on any atom is -0.330 e. The number of hydrogen-bond acceptors (Lipinski definition) is 1. The van der Waals surface area contributed by atoms with Gasteiger partial charge in [0.25, 0.3) is 0 Å². The molecular weight excluding hydrogens is 165 g/mol. The van der Waals surface area contributed by atoms with Gasteiger partial charge in [0, 0.05) is 12.0 Å². The van der Waals surface area contributed by atoms with Crippen LogP contribution in [0.5, 0.6) is 0 Å². The Morgan fingerprint density at radius 3 is 2.15 bits per heavy atom. The Labute approximate surface area is 78.8 Å². The summed E-state index contributed by atoms with van der Waals surface area (Å²) >= 11 is 0. The molecule has 0 spiro atoms. The minimum absolute atomic E-state index is 0.362. The van der Waals surface area contributed by atoms with Gasteiger partial charge in [0.15, 0.2) is 0 Å². The predicted molar refractivity (Wildman–Crippen MR) is 53.4 cm³/mol. The molecule has 0 amide bonds. The number of alkyl halides is 1. The van der Waals surface area contributed by atoms with Crippen molar-refractivity contribution in [2.45, 2.75) is 18.3 Å². The third kappa shape index (κ3) is 2.07. The van der Waals surface area contributed by atoms with Crippen LogP contribution in [-0.4, -0.2) is 13.7 Å². The maximum atomic E-state index is 9.50. The molecular formula is C11H16FN. The quantitative estimate of drug-likeness (QED) is 0.744. The summed E-state index contributed by atoms with van der Waals surface area (Å²) in [6.07, 6.45) is 2.54. The molecule has 0 aliphatic heterocycles. The van der Waals surface area contributed by atoms with Gasteiger partial charge in [-0.1, -0.05) is 30.3 Å². The molecule has 1 fully saturated rings. The third-order valence-corrected chi connectivity index (χ3v) is 2.63. The maximum absolute atomic E-state index is 9.50. The third-order valence-electron chi connectivity index (χ3n) is 2.63. The molecule has 2 heteroatoms. The van der Waals surface area contributed by atoms with Crippen LogP contribution in [0.25, 0.3) is 0 Å². The Bertz CT molecular complexity index is 242. The van der Waals surface area contributed by atoms with Crippen molar-refractivity contribution in [1.82, 2.24) is 0 Å². The van der Waals surface area contributed by atoms with Gasteiger partial charge >= 0.3 is 0 Å². The topological polar surface area (TPSA) is 26.0 Å². The fraction of sp³-hybridized carbons (Fsp3) is 0.455. The summed E-state index contributed by atoms with van der Waals surface area (Å²) in [5.41, 5.74) is 7.48. The lowest BCUT2D eigenvalue weighted by atomic mass is 9.97. The second-order valence-corrected chi connectivity index (χ2v) is 3.35. The Hall–Kier alpha value is -0.890. The van der Waals surface area contributed by atoms with E-state index in [1.807, 2.05) is 0 Å². The van der Waals surface area contributed by atoms with Crippen molar-refractivity contribution in [2.24, 2.45) is 5.73 Å². The fourth-order valence-electron chi connectivity index (χ4n) is 1.55. The Morgan fingerprint density at radius 2 is 1.77 bits per heavy atom. The van der Waals surface area contributed by atoms with Crippen LogP contribution < -0.4 is 5.73 Å². The van der Waals surface area contributed by atoms with Crippen LogP contribution in [0.3, 0.4) is 0 Å². The fourth-order valence-corrected chi connectivity index (χ4v) is 1.55. The van der Waals surface area contributed by atoms with E-state index in [0.717, 1.165) is 6.54 Å². The summed E-state index contributed by atoms with van der Waals surface area (Å²) < 4.78 is 9.50. The lowest BCUT2D eigenvalue weighted by Gasteiger charge is -2.11. The molecule has 0 radical (unpaired) electrons. The first-order valence-corrected chi connectivity index (χ1v) is 4.51. The first-order chi connectivity index (χ1) is 6.37. The number of rotatable bonds is 2. The van der Waals surface area contributed by atoms with Crippen molar-refractivity contribution in [3.8, 4) is 0 Å². The van der Waals surface area contributed by atoms with Crippen molar-refractivity contribution in [1.29, 1.82) is 0 Å². The second kappa shape index (κ2) is 4.38. The van der Waals surface area contributed by atoms with Crippen molar-refractivity contribution in [2.75, 3.05) is 13.7 Å². The lowest BCUT2D eigenvalue weighted by Crippen LogP contribution is -2.19. The van der Waals surface area contributed by atoms with Crippen molar-refractivity contribution in [3.63, 3.8) is 0 Å². The normalized spacial score (nSPS) is 17.2. The van der Waals surface area contributed by atoms with Gasteiger partial charge in [0.1, 0.15) is 0 Å². The Balaban J connectivity index is 0.000000396. The van der Waals surface area contributed by atoms with Gasteiger partial charge in [-0.2, -0.15) is 0 Å². The molecule has 1 nitrogen and oxygen atoms in total. The van der Waals surface area contributed by atoms with Crippen LogP contribution in [-0.2, 0) is 5.41 Å². The van der Waals surface area contributed by atoms with Crippen LogP contribution >= 0.6 is 0 Å². The molecule has 2 N–H and O–H groups in total. The number of hydrogen-bond donors (Lipinski definition) is 1. The summed E-state index contributed by atoms with van der Waals surface area (Å²) in [5.74, 6) is 0. The molecule has 0 bridgehead atoms. The monoisotopic (exact) mass is 181 g/mol. The van der Waals surface area contributed by atoms with Gasteiger partial charge < -0.3 is 5.73 Å². The molecule has 72 valence electrons. The average Bonchev–Trinajstić information content (AvgIpc) is 3.03. The molecule has 0 unspecified atom stereocenters. The lowest BCUT2D eigenvalue weighted by molar-refractivity contribution is 0.636. The molecule has 1 aliphatic carbocycles. The summed E-state index contributed by atoms with van der Waals surface area (Å²) in [6, 6.07) is 10.6. The summed E-state index contributed by atoms with van der Waals surface area (Å²) in [4.78, 5) is 0. The van der Waals surface area contributed by atoms with Gasteiger partial charge in [-0.05, 0) is 18.4 Å². The second-order valence-electron chi connectivity index (χ2n) is 3.35. The average molecular weight is 181 g/mol. The largest absolute Gasteiger partial charge is 0.330 e. The van der Waals surface area contributed by atoms with Gasteiger partial charge in [-0.3, -0.25) is 4.39 Å². The number of halogens is 1. The zero-order valence-electron chi connectivity index (χ0n) is 7.96. The van der Waals surface area contributed by atoms with Crippen LogP contribution in [0.1, 0.15) is 18.4 Å². The predicted octanol–water partition coefficient (Wildman–Crippen LogP) is 2.26. The van der Waals surface area contributed by atoms with E-state index < -0.39 is 0 Å². The van der Waals surface area contributed by atoms with Crippen molar-refractivity contribution < 1.29 is 4.39 Å². The Morgan fingerprint density at radius 1 is 1.23 bits per heavy atom. The van der Waals surface area contributed by atoms with E-state index in [2.05, 4.69) is 30.3 Å². The first kappa shape index (κ1) is 10.2. The molecule has 0 aromatic heterocycles. The Kier molecular flexibility index (Phi) is 3.43. The van der Waals surface area contributed by atoms with Crippen molar-refractivity contribution >= 4 is 0 Å². The van der Waals surface area contributed by atoms with Crippen LogP contribution in [0.4, 0.5) is 4.39 Å². The molecule has 1 aliphatic rings. The first-order valence-electron chi connectivity index (χ1n) is 4.51. The molecule has 0 saturated heterocycles. The van der Waals surface area contributed by atoms with Crippen LogP contribution in [0.2, 0.25) is 0 Å². The van der Waals surface area contributed by atoms with Gasteiger partial charge in [-0.15, -0.1) is 0 Å². The molecule has 1 aromatic carbocycles. The van der Waals surface area contributed by atoms with E-state index in [9.17, 15) is 4.39 Å². The van der Waals surface area contributed by atoms with E-state index in [0.29, 0.717) is 12.6 Å². The maximum Gasteiger partial charge on any atom is 0.0785 e. The van der Waals surface area contributed by atoms with Crippen LogP contribution in [0.15, 0.2) is 30.3 Å². The van der Waals surface area contributed by atoms with Gasteiger partial charge in [0.2, 0.25) is 0 Å². The van der Waals surface area contributed by atoms with Gasteiger partial charge in [0.05, 0.1) is 7.18 Å². The highest BCUT2D eigenvalue weighted by Gasteiger charge is 2.42. The van der Waals surface area contributed by atoms with E-state index >= 15 is 0 Å². The zero-order valence-corrected chi connectivity index (χ0v) is 7.96. The van der Waals surface area contributed by atoms with E-state index in [1.54, 1.807) is 0 Å². The van der Waals surface area contributed by atoms with Gasteiger partial charge in [-0.25, -0.2) is 0 Å². The molecule has 0 heterocycles.